The Morgan fingerprint density at radius 2 is 2.14 bits per heavy atom. The second-order valence-corrected chi connectivity index (χ2v) is 5.61. The first kappa shape index (κ1) is 13.9. The molecule has 1 aromatic heterocycles. The van der Waals surface area contributed by atoms with E-state index >= 15 is 0 Å². The Kier molecular flexibility index (Phi) is 3.55. The van der Waals surface area contributed by atoms with Gasteiger partial charge in [0.25, 0.3) is 0 Å². The van der Waals surface area contributed by atoms with E-state index < -0.39 is 0 Å². The number of benzene rings is 1. The fraction of sp³-hybridized carbons (Fsp3) is 0.467. The number of para-hydroxylation sites is 2. The Morgan fingerprint density at radius 1 is 1.38 bits per heavy atom. The summed E-state index contributed by atoms with van der Waals surface area (Å²) in [7, 11) is 5.60. The largest absolute Gasteiger partial charge is 0.347 e. The molecule has 1 amide bonds. The van der Waals surface area contributed by atoms with Crippen LogP contribution in [-0.4, -0.2) is 60.1 Å². The van der Waals surface area contributed by atoms with Gasteiger partial charge in [-0.25, -0.2) is 4.98 Å². The molecule has 0 bridgehead atoms. The molecule has 21 heavy (non-hydrogen) atoms. The monoisotopic (exact) mass is 287 g/mol. The molecule has 3 rings (SSSR count). The van der Waals surface area contributed by atoms with Crippen LogP contribution in [0, 0.1) is 0 Å². The van der Waals surface area contributed by atoms with Crippen molar-refractivity contribution < 1.29 is 4.79 Å². The van der Waals surface area contributed by atoms with E-state index in [1.165, 1.54) is 0 Å². The molecule has 1 fully saturated rings. The smallest absolute Gasteiger partial charge is 0.246 e. The minimum Gasteiger partial charge on any atom is -0.347 e. The molecule has 0 saturated carbocycles. The summed E-state index contributed by atoms with van der Waals surface area (Å²) < 4.78 is 2.07. The topological polar surface area (TPSA) is 53.4 Å². The van der Waals surface area contributed by atoms with Gasteiger partial charge < -0.3 is 19.7 Å². The highest BCUT2D eigenvalue weighted by Gasteiger charge is 2.32. The molecule has 1 saturated heterocycles. The third-order valence-corrected chi connectivity index (χ3v) is 3.99. The van der Waals surface area contributed by atoms with E-state index in [1.54, 1.807) is 19.0 Å². The quantitative estimate of drug-likeness (QED) is 0.871. The molecule has 0 radical (unpaired) electrons. The van der Waals surface area contributed by atoms with Gasteiger partial charge in [0.1, 0.15) is 6.04 Å². The lowest BCUT2D eigenvalue weighted by atomic mass is 10.2. The predicted octanol–water partition coefficient (Wildman–Crippen LogP) is 0.440. The lowest BCUT2D eigenvalue weighted by molar-refractivity contribution is -0.130. The van der Waals surface area contributed by atoms with Crippen molar-refractivity contribution >= 4 is 22.9 Å². The summed E-state index contributed by atoms with van der Waals surface area (Å²) in [5, 5.41) is 3.30. The van der Waals surface area contributed by atoms with Gasteiger partial charge in [0, 0.05) is 40.8 Å². The van der Waals surface area contributed by atoms with E-state index in [-0.39, 0.29) is 11.9 Å². The summed E-state index contributed by atoms with van der Waals surface area (Å²) in [6, 6.07) is 7.85. The third-order valence-electron chi connectivity index (χ3n) is 3.99. The van der Waals surface area contributed by atoms with E-state index in [0.717, 1.165) is 30.1 Å². The van der Waals surface area contributed by atoms with Crippen molar-refractivity contribution in [1.29, 1.82) is 0 Å². The number of anilines is 1. The molecule has 112 valence electrons. The Hall–Kier alpha value is -2.08. The number of piperazine rings is 1. The van der Waals surface area contributed by atoms with Crippen LogP contribution >= 0.6 is 0 Å². The van der Waals surface area contributed by atoms with Gasteiger partial charge in [-0.3, -0.25) is 4.79 Å². The molecule has 6 heteroatoms. The van der Waals surface area contributed by atoms with Crippen molar-refractivity contribution in [3.63, 3.8) is 0 Å². The summed E-state index contributed by atoms with van der Waals surface area (Å²) in [6.07, 6.45) is 0. The predicted molar refractivity (Wildman–Crippen MR) is 83.4 cm³/mol. The van der Waals surface area contributed by atoms with Gasteiger partial charge in [-0.2, -0.15) is 0 Å². The fourth-order valence-corrected chi connectivity index (χ4v) is 2.85. The normalized spacial score (nSPS) is 19.0. The Morgan fingerprint density at radius 3 is 2.86 bits per heavy atom. The van der Waals surface area contributed by atoms with Crippen molar-refractivity contribution in [2.45, 2.75) is 6.04 Å². The maximum atomic E-state index is 12.4. The van der Waals surface area contributed by atoms with Crippen molar-refractivity contribution in [3.05, 3.63) is 24.3 Å². The second-order valence-electron chi connectivity index (χ2n) is 5.61. The molecule has 1 unspecified atom stereocenters. The van der Waals surface area contributed by atoms with E-state index in [4.69, 9.17) is 4.98 Å². The Bertz CT molecular complexity index is 663. The average molecular weight is 287 g/mol. The number of likely N-dealkylation sites (N-methyl/N-ethyl adjacent to an activating group) is 1. The highest BCUT2D eigenvalue weighted by molar-refractivity contribution is 5.86. The molecule has 1 atom stereocenters. The zero-order valence-corrected chi connectivity index (χ0v) is 12.7. The first-order valence-corrected chi connectivity index (χ1v) is 7.19. The summed E-state index contributed by atoms with van der Waals surface area (Å²) in [6.45, 7) is 2.29. The van der Waals surface area contributed by atoms with E-state index in [1.807, 2.05) is 25.2 Å². The van der Waals surface area contributed by atoms with Gasteiger partial charge in [0.05, 0.1) is 11.0 Å². The first-order valence-electron chi connectivity index (χ1n) is 7.19. The standard InChI is InChI=1S/C15H21N5O/c1-18(2)14(21)13-10-16-8-9-20(13)15-17-11-6-4-5-7-12(11)19(15)3/h4-7,13,16H,8-10H2,1-3H3. The molecular formula is C15H21N5O. The molecule has 1 aliphatic rings. The molecular weight excluding hydrogens is 266 g/mol. The number of hydrogen-bond donors (Lipinski definition) is 1. The summed E-state index contributed by atoms with van der Waals surface area (Å²) in [4.78, 5) is 20.9. The number of nitrogens with one attached hydrogen (secondary N) is 1. The second kappa shape index (κ2) is 5.37. The minimum absolute atomic E-state index is 0.106. The van der Waals surface area contributed by atoms with E-state index in [0.29, 0.717) is 6.54 Å². The van der Waals surface area contributed by atoms with Crippen LogP contribution in [-0.2, 0) is 11.8 Å². The number of imidazole rings is 1. The number of amides is 1. The Labute approximate surface area is 124 Å². The summed E-state index contributed by atoms with van der Waals surface area (Å²) >= 11 is 0. The molecule has 0 spiro atoms. The maximum Gasteiger partial charge on any atom is 0.246 e. The van der Waals surface area contributed by atoms with Crippen molar-refractivity contribution in [2.75, 3.05) is 38.6 Å². The lowest BCUT2D eigenvalue weighted by Gasteiger charge is -2.37. The SMILES string of the molecule is CN(C)C(=O)C1CNCCN1c1nc2ccccc2n1C. The van der Waals surface area contributed by atoms with E-state index in [9.17, 15) is 4.79 Å². The van der Waals surface area contributed by atoms with E-state index in [2.05, 4.69) is 20.9 Å². The van der Waals surface area contributed by atoms with Crippen LogP contribution in [0.25, 0.3) is 11.0 Å². The number of fused-ring (bicyclic) bond motifs is 1. The number of nitrogens with zero attached hydrogens (tertiary/aromatic N) is 4. The average Bonchev–Trinajstić information content (AvgIpc) is 2.84. The summed E-state index contributed by atoms with van der Waals surface area (Å²) in [5.41, 5.74) is 2.05. The minimum atomic E-state index is -0.204. The zero-order valence-electron chi connectivity index (χ0n) is 12.7. The molecule has 0 aliphatic carbocycles. The number of carbonyl (C=O) groups excluding carboxylic acids is 1. The number of carbonyl (C=O) groups is 1. The van der Waals surface area contributed by atoms with Gasteiger partial charge >= 0.3 is 0 Å². The van der Waals surface area contributed by atoms with Gasteiger partial charge in [-0.05, 0) is 12.1 Å². The van der Waals surface area contributed by atoms with Crippen LogP contribution in [0.1, 0.15) is 0 Å². The van der Waals surface area contributed by atoms with Crippen LogP contribution in [0.5, 0.6) is 0 Å². The number of aryl methyl sites for hydroxylation is 1. The highest BCUT2D eigenvalue weighted by atomic mass is 16.2. The molecule has 1 aliphatic heterocycles. The molecule has 1 N–H and O–H groups in total. The fourth-order valence-electron chi connectivity index (χ4n) is 2.85. The van der Waals surface area contributed by atoms with Crippen LogP contribution < -0.4 is 10.2 Å². The highest BCUT2D eigenvalue weighted by Crippen LogP contribution is 2.23. The molecule has 2 heterocycles. The van der Waals surface area contributed by atoms with Crippen LogP contribution in [0.15, 0.2) is 24.3 Å². The van der Waals surface area contributed by atoms with Crippen molar-refractivity contribution in [2.24, 2.45) is 7.05 Å². The number of rotatable bonds is 2. The third kappa shape index (κ3) is 2.35. The van der Waals surface area contributed by atoms with Gasteiger partial charge in [0.2, 0.25) is 11.9 Å². The zero-order chi connectivity index (χ0) is 15.0. The van der Waals surface area contributed by atoms with Gasteiger partial charge in [0.15, 0.2) is 0 Å². The first-order chi connectivity index (χ1) is 10.1. The maximum absolute atomic E-state index is 12.4. The van der Waals surface area contributed by atoms with Crippen LogP contribution in [0.3, 0.4) is 0 Å². The lowest BCUT2D eigenvalue weighted by Crippen LogP contribution is -2.58. The summed E-state index contributed by atoms with van der Waals surface area (Å²) in [5.74, 6) is 0.965. The van der Waals surface area contributed by atoms with Crippen molar-refractivity contribution in [3.8, 4) is 0 Å². The number of aromatic nitrogens is 2. The van der Waals surface area contributed by atoms with Crippen LogP contribution in [0.2, 0.25) is 0 Å². The molecule has 6 nitrogen and oxygen atoms in total. The molecule has 1 aromatic carbocycles. The molecule has 2 aromatic rings. The van der Waals surface area contributed by atoms with Gasteiger partial charge in [-0.15, -0.1) is 0 Å². The Balaban J connectivity index is 2.02. The number of hydrogen-bond acceptors (Lipinski definition) is 4. The van der Waals surface area contributed by atoms with Gasteiger partial charge in [-0.1, -0.05) is 12.1 Å². The van der Waals surface area contributed by atoms with Crippen LogP contribution in [0.4, 0.5) is 5.95 Å². The van der Waals surface area contributed by atoms with Crippen molar-refractivity contribution in [1.82, 2.24) is 19.8 Å².